The van der Waals surface area contributed by atoms with Gasteiger partial charge >= 0.3 is 5.97 Å². The highest BCUT2D eigenvalue weighted by Crippen LogP contribution is 2.46. The topological polar surface area (TPSA) is 93.4 Å². The van der Waals surface area contributed by atoms with Gasteiger partial charge in [0.15, 0.2) is 0 Å². The molecule has 0 saturated heterocycles. The zero-order chi connectivity index (χ0) is 15.6. The van der Waals surface area contributed by atoms with Crippen LogP contribution in [0.15, 0.2) is 0 Å². The number of hydrogen-bond donors (Lipinski definition) is 3. The molecule has 0 bridgehead atoms. The Kier molecular flexibility index (Phi) is 4.41. The Morgan fingerprint density at radius 1 is 1.43 bits per heavy atom. The van der Waals surface area contributed by atoms with E-state index < -0.39 is 5.97 Å². The van der Waals surface area contributed by atoms with E-state index in [9.17, 15) is 9.59 Å². The highest BCUT2D eigenvalue weighted by Gasteiger charge is 2.37. The van der Waals surface area contributed by atoms with E-state index in [1.165, 1.54) is 18.4 Å². The van der Waals surface area contributed by atoms with Gasteiger partial charge in [-0.2, -0.15) is 0 Å². The van der Waals surface area contributed by atoms with E-state index in [-0.39, 0.29) is 29.2 Å². The van der Waals surface area contributed by atoms with Gasteiger partial charge in [0.2, 0.25) is 0 Å². The van der Waals surface area contributed by atoms with Crippen molar-refractivity contribution in [1.82, 2.24) is 5.32 Å². The number of thiophene rings is 1. The maximum Gasteiger partial charge on any atom is 0.343 e. The summed E-state index contributed by atoms with van der Waals surface area (Å²) in [5.41, 5.74) is 6.70. The molecule has 1 aliphatic rings. The number of nitrogen functional groups attached to an aromatic ring is 1. The monoisotopic (exact) mass is 311 g/mol. The summed E-state index contributed by atoms with van der Waals surface area (Å²) in [6.07, 6.45) is 2.33. The molecule has 21 heavy (non-hydrogen) atoms. The van der Waals surface area contributed by atoms with Crippen molar-refractivity contribution in [3.63, 3.8) is 0 Å². The summed E-state index contributed by atoms with van der Waals surface area (Å²) in [7, 11) is 1.53. The van der Waals surface area contributed by atoms with E-state index in [0.29, 0.717) is 9.88 Å². The van der Waals surface area contributed by atoms with Crippen molar-refractivity contribution in [2.45, 2.75) is 26.7 Å². The van der Waals surface area contributed by atoms with Gasteiger partial charge in [0, 0.05) is 13.6 Å². The van der Waals surface area contributed by atoms with E-state index in [0.717, 1.165) is 19.4 Å². The first kappa shape index (κ1) is 15.6. The molecule has 1 aromatic rings. The number of rotatable bonds is 6. The van der Waals surface area contributed by atoms with E-state index in [1.807, 2.05) is 0 Å². The van der Waals surface area contributed by atoms with Crippen LogP contribution < -0.4 is 16.4 Å². The van der Waals surface area contributed by atoms with E-state index in [4.69, 9.17) is 10.5 Å². The maximum absolute atomic E-state index is 12.1. The number of amides is 1. The lowest BCUT2D eigenvalue weighted by Gasteiger charge is -2.11. The van der Waals surface area contributed by atoms with Gasteiger partial charge in [-0.3, -0.25) is 4.79 Å². The van der Waals surface area contributed by atoms with Crippen LogP contribution in [0.4, 0.5) is 10.7 Å². The minimum Gasteiger partial charge on any atom is -0.462 e. The Morgan fingerprint density at radius 2 is 2.10 bits per heavy atom. The molecule has 2 rings (SSSR count). The molecule has 0 aromatic carbocycles. The average Bonchev–Trinajstić information content (AvgIpc) is 3.09. The molecule has 116 valence electrons. The smallest absolute Gasteiger partial charge is 0.343 e. The van der Waals surface area contributed by atoms with Crippen molar-refractivity contribution in [2.75, 3.05) is 31.2 Å². The molecule has 0 radical (unpaired) electrons. The van der Waals surface area contributed by atoms with Crippen molar-refractivity contribution in [3.8, 4) is 0 Å². The Morgan fingerprint density at radius 3 is 2.62 bits per heavy atom. The Labute approximate surface area is 128 Å². The van der Waals surface area contributed by atoms with Gasteiger partial charge in [-0.05, 0) is 25.2 Å². The van der Waals surface area contributed by atoms with Crippen LogP contribution in [-0.2, 0) is 4.74 Å². The van der Waals surface area contributed by atoms with Crippen LogP contribution in [0.5, 0.6) is 0 Å². The first-order valence-electron chi connectivity index (χ1n) is 6.97. The third kappa shape index (κ3) is 3.29. The Balaban J connectivity index is 2.30. The molecular weight excluding hydrogens is 290 g/mol. The zero-order valence-electron chi connectivity index (χ0n) is 12.5. The molecule has 4 N–H and O–H groups in total. The van der Waals surface area contributed by atoms with Gasteiger partial charge in [-0.25, -0.2) is 4.79 Å². The summed E-state index contributed by atoms with van der Waals surface area (Å²) in [5.74, 6) is -0.793. The van der Waals surface area contributed by atoms with Gasteiger partial charge in [-0.1, -0.05) is 6.92 Å². The molecule has 6 nitrogen and oxygen atoms in total. The fourth-order valence-electron chi connectivity index (χ4n) is 1.94. The van der Waals surface area contributed by atoms with Crippen LogP contribution >= 0.6 is 11.3 Å². The molecule has 1 fully saturated rings. The molecule has 0 aliphatic heterocycles. The average molecular weight is 311 g/mol. The van der Waals surface area contributed by atoms with Crippen LogP contribution in [0, 0.1) is 5.41 Å². The maximum atomic E-state index is 12.1. The van der Waals surface area contributed by atoms with E-state index in [2.05, 4.69) is 17.6 Å². The molecule has 0 atom stereocenters. The first-order chi connectivity index (χ1) is 9.91. The largest absolute Gasteiger partial charge is 0.462 e. The lowest BCUT2D eigenvalue weighted by atomic mass is 10.1. The van der Waals surface area contributed by atoms with Crippen LogP contribution in [0.25, 0.3) is 0 Å². The number of hydrogen-bond acceptors (Lipinski definition) is 6. The van der Waals surface area contributed by atoms with E-state index in [1.54, 1.807) is 6.92 Å². The standard InChI is InChI=1S/C14H21N3O3S/c1-4-20-13(19)8-9(15)10(11(18)16-3)21-12(8)17-7-14(2)5-6-14/h17H,4-7,15H2,1-3H3,(H,16,18). The van der Waals surface area contributed by atoms with Gasteiger partial charge in [0.1, 0.15) is 15.4 Å². The minimum atomic E-state index is -0.496. The lowest BCUT2D eigenvalue weighted by molar-refractivity contribution is 0.0529. The highest BCUT2D eigenvalue weighted by atomic mass is 32.1. The lowest BCUT2D eigenvalue weighted by Crippen LogP contribution is -2.18. The predicted octanol–water partition coefficient (Wildman–Crippen LogP) is 2.08. The number of esters is 1. The predicted molar refractivity (Wildman–Crippen MR) is 83.9 cm³/mol. The summed E-state index contributed by atoms with van der Waals surface area (Å²) in [5, 5.41) is 6.39. The van der Waals surface area contributed by atoms with Gasteiger partial charge in [0.05, 0.1) is 12.3 Å². The van der Waals surface area contributed by atoms with Crippen LogP contribution in [-0.4, -0.2) is 32.1 Å². The van der Waals surface area contributed by atoms with Crippen LogP contribution in [0.1, 0.15) is 46.7 Å². The second kappa shape index (κ2) is 5.93. The van der Waals surface area contributed by atoms with Gasteiger partial charge in [-0.15, -0.1) is 11.3 Å². The minimum absolute atomic E-state index is 0.182. The van der Waals surface area contributed by atoms with Gasteiger partial charge in [0.25, 0.3) is 5.91 Å². The quantitative estimate of drug-likeness (QED) is 0.699. The number of nitrogens with one attached hydrogen (secondary N) is 2. The molecule has 1 heterocycles. The number of anilines is 2. The second-order valence-corrected chi connectivity index (χ2v) is 6.53. The van der Waals surface area contributed by atoms with Crippen molar-refractivity contribution < 1.29 is 14.3 Å². The summed E-state index contributed by atoms with van der Waals surface area (Å²) >= 11 is 1.19. The van der Waals surface area contributed by atoms with Crippen molar-refractivity contribution >= 4 is 33.9 Å². The third-order valence-electron chi connectivity index (χ3n) is 3.64. The summed E-state index contributed by atoms with van der Waals surface area (Å²) < 4.78 is 5.04. The van der Waals surface area contributed by atoms with Crippen LogP contribution in [0.3, 0.4) is 0 Å². The number of nitrogens with two attached hydrogens (primary N) is 1. The SMILES string of the molecule is CCOC(=O)c1c(NCC2(C)CC2)sc(C(=O)NC)c1N. The number of carbonyl (C=O) groups is 2. The summed E-state index contributed by atoms with van der Waals surface area (Å²) in [4.78, 5) is 24.3. The highest BCUT2D eigenvalue weighted by molar-refractivity contribution is 7.19. The first-order valence-corrected chi connectivity index (χ1v) is 7.79. The molecule has 0 unspecified atom stereocenters. The molecule has 1 aliphatic carbocycles. The van der Waals surface area contributed by atoms with Crippen LogP contribution in [0.2, 0.25) is 0 Å². The van der Waals surface area contributed by atoms with Gasteiger partial charge < -0.3 is 21.1 Å². The summed E-state index contributed by atoms with van der Waals surface area (Å²) in [6, 6.07) is 0. The molecule has 1 amide bonds. The summed E-state index contributed by atoms with van der Waals surface area (Å²) in [6.45, 7) is 4.94. The molecule has 1 aromatic heterocycles. The fourth-order valence-corrected chi connectivity index (χ4v) is 2.99. The number of carbonyl (C=O) groups excluding carboxylic acids is 2. The van der Waals surface area contributed by atoms with E-state index >= 15 is 0 Å². The zero-order valence-corrected chi connectivity index (χ0v) is 13.4. The fraction of sp³-hybridized carbons (Fsp3) is 0.571. The molecule has 0 spiro atoms. The Bertz CT molecular complexity index is 564. The molecule has 1 saturated carbocycles. The Hall–Kier alpha value is -1.76. The molecular formula is C14H21N3O3S. The number of ether oxygens (including phenoxy) is 1. The van der Waals surface area contributed by atoms with Crippen molar-refractivity contribution in [2.24, 2.45) is 5.41 Å². The molecule has 7 heteroatoms. The third-order valence-corrected chi connectivity index (χ3v) is 4.80. The van der Waals surface area contributed by atoms with Crippen molar-refractivity contribution in [3.05, 3.63) is 10.4 Å². The second-order valence-electron chi connectivity index (χ2n) is 5.51. The normalized spacial score (nSPS) is 15.4. The van der Waals surface area contributed by atoms with Crippen molar-refractivity contribution in [1.29, 1.82) is 0 Å².